The highest BCUT2D eigenvalue weighted by Crippen LogP contribution is 2.40. The molecule has 0 N–H and O–H groups in total. The zero-order chi connectivity index (χ0) is 16.4. The Morgan fingerprint density at radius 1 is 1.10 bits per heavy atom. The number of benzene rings is 1. The summed E-state index contributed by atoms with van der Waals surface area (Å²) in [7, 11) is -0.0782. The predicted molar refractivity (Wildman–Crippen MR) is 67.2 cm³/mol. The van der Waals surface area contributed by atoms with Crippen LogP contribution in [0.15, 0.2) is 18.2 Å². The molecule has 1 atom stereocenters. The summed E-state index contributed by atoms with van der Waals surface area (Å²) in [4.78, 5) is 0. The van der Waals surface area contributed by atoms with Crippen molar-refractivity contribution in [3.8, 4) is 0 Å². The topological polar surface area (TPSA) is 23.1 Å². The van der Waals surface area contributed by atoms with Gasteiger partial charge in [-0.15, -0.1) is 13.7 Å². The van der Waals surface area contributed by atoms with Crippen LogP contribution < -0.4 is 5.11 Å². The molecule has 1 unspecified atom stereocenters. The Hall–Kier alpha value is -1.07. The maximum atomic E-state index is 12.9. The van der Waals surface area contributed by atoms with Gasteiger partial charge < -0.3 is 5.11 Å². The highest BCUT2D eigenvalue weighted by molar-refractivity contribution is 7.41. The Bertz CT molecular complexity index is 500. The van der Waals surface area contributed by atoms with Crippen molar-refractivity contribution in [2.24, 2.45) is 0 Å². The Morgan fingerprint density at radius 3 is 1.86 bits per heavy atom. The van der Waals surface area contributed by atoms with Crippen molar-refractivity contribution in [3.05, 3.63) is 34.9 Å². The van der Waals surface area contributed by atoms with Gasteiger partial charge in [0.15, 0.2) is 0 Å². The lowest BCUT2D eigenvalue weighted by atomic mass is 10.0. The van der Waals surface area contributed by atoms with E-state index in [2.05, 4.69) is 0 Å². The summed E-state index contributed by atoms with van der Waals surface area (Å²) in [5, 5.41) is 11.9. The maximum absolute atomic E-state index is 12.9. The summed E-state index contributed by atoms with van der Waals surface area (Å²) in [5.74, 6) is 0. The van der Waals surface area contributed by atoms with Crippen molar-refractivity contribution >= 4 is 13.7 Å². The van der Waals surface area contributed by atoms with E-state index in [1.165, 1.54) is 0 Å². The fourth-order valence-electron chi connectivity index (χ4n) is 1.61. The van der Waals surface area contributed by atoms with E-state index < -0.39 is 34.5 Å². The van der Waals surface area contributed by atoms with Crippen LogP contribution in [-0.4, -0.2) is 11.1 Å². The fraction of sp³-hybridized carbons (Fsp3) is 0.462. The van der Waals surface area contributed by atoms with E-state index in [1.54, 1.807) is 13.8 Å². The van der Waals surface area contributed by atoms with E-state index in [-0.39, 0.29) is 13.9 Å². The van der Waals surface area contributed by atoms with Crippen LogP contribution in [0.2, 0.25) is 0 Å². The number of alkyl halides is 6. The molecule has 0 aliphatic carbocycles. The van der Waals surface area contributed by atoms with Gasteiger partial charge in [-0.25, -0.2) is 0 Å². The molecular weight excluding hydrogens is 317 g/mol. The number of hydrogen-bond donors (Lipinski definition) is 0. The highest BCUT2D eigenvalue weighted by atomic mass is 31.1. The van der Waals surface area contributed by atoms with Crippen molar-refractivity contribution in [1.29, 1.82) is 0 Å². The van der Waals surface area contributed by atoms with Gasteiger partial charge in [0.25, 0.3) is 0 Å². The lowest BCUT2D eigenvalue weighted by Gasteiger charge is -2.24. The van der Waals surface area contributed by atoms with Crippen LogP contribution in [0.1, 0.15) is 37.0 Å². The molecule has 0 aliphatic heterocycles. The SMILES string of the molecule is CCC(C)P=C([O-])c1c(C(F)(F)F)cccc1C(F)(F)F. The van der Waals surface area contributed by atoms with Gasteiger partial charge in [-0.05, 0) is 29.8 Å². The quantitative estimate of drug-likeness (QED) is 0.599. The lowest BCUT2D eigenvalue weighted by molar-refractivity contribution is -0.209. The number of rotatable bonds is 3. The van der Waals surface area contributed by atoms with E-state index >= 15 is 0 Å². The molecule has 0 spiro atoms. The summed E-state index contributed by atoms with van der Waals surface area (Å²) in [6.07, 6.45) is -9.56. The molecule has 1 nitrogen and oxygen atoms in total. The predicted octanol–water partition coefficient (Wildman–Crippen LogP) is 4.31. The molecule has 0 aliphatic rings. The van der Waals surface area contributed by atoms with Gasteiger partial charge in [0.2, 0.25) is 0 Å². The van der Waals surface area contributed by atoms with Gasteiger partial charge >= 0.3 is 12.4 Å². The van der Waals surface area contributed by atoms with Crippen LogP contribution in [0.4, 0.5) is 26.3 Å². The van der Waals surface area contributed by atoms with Gasteiger partial charge in [0, 0.05) is 0 Å². The maximum Gasteiger partial charge on any atom is 0.416 e. The summed E-state index contributed by atoms with van der Waals surface area (Å²) < 4.78 is 77.2. The molecule has 0 radical (unpaired) electrons. The molecule has 8 heteroatoms. The molecule has 1 rings (SSSR count). The molecule has 118 valence electrons. The van der Waals surface area contributed by atoms with E-state index in [0.29, 0.717) is 24.6 Å². The minimum Gasteiger partial charge on any atom is -0.823 e. The first-order valence-corrected chi connectivity index (χ1v) is 6.97. The van der Waals surface area contributed by atoms with Crippen molar-refractivity contribution in [1.82, 2.24) is 0 Å². The molecule has 0 aromatic heterocycles. The van der Waals surface area contributed by atoms with Gasteiger partial charge in [-0.2, -0.15) is 26.3 Å². The first-order chi connectivity index (χ1) is 9.48. The van der Waals surface area contributed by atoms with Gasteiger partial charge in [-0.3, -0.25) is 0 Å². The normalized spacial score (nSPS) is 15.2. The number of halogens is 6. The van der Waals surface area contributed by atoms with Crippen LogP contribution in [0.3, 0.4) is 0 Å². The summed E-state index contributed by atoms with van der Waals surface area (Å²) >= 11 is 0. The molecule has 1 aromatic rings. The largest absolute Gasteiger partial charge is 0.823 e. The van der Waals surface area contributed by atoms with Crippen LogP contribution in [-0.2, 0) is 12.4 Å². The molecule has 1 aromatic carbocycles. The summed E-state index contributed by atoms with van der Waals surface area (Å²) in [6.45, 7) is 3.29. The van der Waals surface area contributed by atoms with E-state index in [0.717, 1.165) is 0 Å². The second-order valence-corrected chi connectivity index (χ2v) is 5.96. The van der Waals surface area contributed by atoms with Crippen molar-refractivity contribution < 1.29 is 31.4 Å². The zero-order valence-corrected chi connectivity index (χ0v) is 12.0. The smallest absolute Gasteiger partial charge is 0.416 e. The van der Waals surface area contributed by atoms with Crippen LogP contribution in [0, 0.1) is 0 Å². The minimum absolute atomic E-state index is 0.0782. The highest BCUT2D eigenvalue weighted by Gasteiger charge is 2.40. The molecule has 0 heterocycles. The second kappa shape index (κ2) is 6.36. The van der Waals surface area contributed by atoms with Crippen molar-refractivity contribution in [2.45, 2.75) is 38.3 Å². The standard InChI is InChI=1S/C13H13F6OP/c1-3-7(2)21-11(20)10-8(12(14,15)16)5-4-6-9(10)13(17,18)19/h4-7,20H,3H2,1-2H3/p-1. The first kappa shape index (κ1) is 18.0. The Balaban J connectivity index is 3.62. The molecule has 21 heavy (non-hydrogen) atoms. The molecule has 0 bridgehead atoms. The molecule has 0 amide bonds. The van der Waals surface area contributed by atoms with Crippen LogP contribution in [0.25, 0.3) is 0 Å². The Morgan fingerprint density at radius 2 is 1.52 bits per heavy atom. The zero-order valence-electron chi connectivity index (χ0n) is 11.1. The van der Waals surface area contributed by atoms with E-state index in [9.17, 15) is 31.4 Å². The monoisotopic (exact) mass is 329 g/mol. The lowest BCUT2D eigenvalue weighted by Crippen LogP contribution is -2.27. The molecule has 0 fully saturated rings. The average molecular weight is 329 g/mol. The van der Waals surface area contributed by atoms with Crippen molar-refractivity contribution in [3.63, 3.8) is 0 Å². The fourth-order valence-corrected chi connectivity index (χ4v) is 2.56. The second-order valence-electron chi connectivity index (χ2n) is 4.42. The average Bonchev–Trinajstić information content (AvgIpc) is 2.35. The van der Waals surface area contributed by atoms with Crippen LogP contribution in [0.5, 0.6) is 0 Å². The van der Waals surface area contributed by atoms with Gasteiger partial charge in [0.1, 0.15) is 0 Å². The summed E-state index contributed by atoms with van der Waals surface area (Å²) in [5.41, 5.74) is -5.86. The Labute approximate surface area is 119 Å². The molecule has 0 saturated heterocycles. The molecular formula is C13H12F6OP-. The third-order valence-corrected chi connectivity index (χ3v) is 4.08. The van der Waals surface area contributed by atoms with Gasteiger partial charge in [0.05, 0.1) is 11.1 Å². The van der Waals surface area contributed by atoms with E-state index in [1.807, 2.05) is 0 Å². The van der Waals surface area contributed by atoms with Gasteiger partial charge in [-0.1, -0.05) is 19.9 Å². The van der Waals surface area contributed by atoms with Crippen LogP contribution >= 0.6 is 8.20 Å². The third-order valence-electron chi connectivity index (χ3n) is 2.82. The summed E-state index contributed by atoms with van der Waals surface area (Å²) in [6, 6.07) is 1.64. The minimum atomic E-state index is -5.02. The Kier molecular flexibility index (Phi) is 5.45. The van der Waals surface area contributed by atoms with E-state index in [4.69, 9.17) is 0 Å². The first-order valence-electron chi connectivity index (χ1n) is 6.01. The molecule has 0 saturated carbocycles. The third kappa shape index (κ3) is 4.45. The number of hydrogen-bond acceptors (Lipinski definition) is 1. The van der Waals surface area contributed by atoms with Crippen molar-refractivity contribution in [2.75, 3.05) is 0 Å².